The molecule has 1 atom stereocenters. The van der Waals surface area contributed by atoms with Gasteiger partial charge in [0.2, 0.25) is 5.95 Å². The maximum atomic E-state index is 6.41. The average molecular weight is 489 g/mol. The van der Waals surface area contributed by atoms with Gasteiger partial charge in [-0.3, -0.25) is 0 Å². The first-order chi connectivity index (χ1) is 16.4. The second-order valence-corrected chi connectivity index (χ2v) is 9.94. The zero-order chi connectivity index (χ0) is 24.1. The number of aromatic nitrogens is 2. The van der Waals surface area contributed by atoms with E-state index >= 15 is 0 Å². The van der Waals surface area contributed by atoms with E-state index in [0.717, 1.165) is 69.4 Å². The van der Waals surface area contributed by atoms with Gasteiger partial charge in [-0.2, -0.15) is 4.98 Å². The lowest BCUT2D eigenvalue weighted by Crippen LogP contribution is -2.44. The molecule has 8 nitrogen and oxygen atoms in total. The van der Waals surface area contributed by atoms with Crippen LogP contribution in [0.3, 0.4) is 0 Å². The molecule has 0 saturated carbocycles. The van der Waals surface area contributed by atoms with Crippen molar-refractivity contribution in [3.8, 4) is 5.75 Å². The lowest BCUT2D eigenvalue weighted by molar-refractivity contribution is 0.0622. The average Bonchev–Trinajstić information content (AvgIpc) is 2.82. The number of hydrogen-bond acceptors (Lipinski definition) is 8. The molecule has 0 amide bonds. The number of rotatable bonds is 8. The highest BCUT2D eigenvalue weighted by molar-refractivity contribution is 6.32. The quantitative estimate of drug-likeness (QED) is 0.556. The summed E-state index contributed by atoms with van der Waals surface area (Å²) in [7, 11) is 2.16. The fourth-order valence-electron chi connectivity index (χ4n) is 4.46. The predicted octanol–water partition coefficient (Wildman–Crippen LogP) is 4.64. The Morgan fingerprint density at radius 3 is 2.56 bits per heavy atom. The van der Waals surface area contributed by atoms with Crippen LogP contribution in [0.25, 0.3) is 0 Å². The molecule has 186 valence electrons. The minimum atomic E-state index is 0.0794. The van der Waals surface area contributed by atoms with Crippen LogP contribution in [-0.4, -0.2) is 73.5 Å². The van der Waals surface area contributed by atoms with Gasteiger partial charge in [0.05, 0.1) is 18.0 Å². The van der Waals surface area contributed by atoms with Gasteiger partial charge in [0.15, 0.2) is 5.82 Å². The molecule has 2 fully saturated rings. The third-order valence-corrected chi connectivity index (χ3v) is 6.78. The van der Waals surface area contributed by atoms with Crippen molar-refractivity contribution in [3.05, 3.63) is 29.4 Å². The molecule has 3 heterocycles. The highest BCUT2D eigenvalue weighted by Crippen LogP contribution is 2.34. The summed E-state index contributed by atoms with van der Waals surface area (Å²) in [5.74, 6) is 2.54. The molecule has 0 aliphatic carbocycles. The molecular formula is C25H37ClN6O2. The van der Waals surface area contributed by atoms with Gasteiger partial charge in [-0.15, -0.1) is 0 Å². The first-order valence-corrected chi connectivity index (χ1v) is 12.6. The second kappa shape index (κ2) is 11.4. The van der Waals surface area contributed by atoms with Crippen molar-refractivity contribution in [2.45, 2.75) is 45.8 Å². The van der Waals surface area contributed by atoms with Crippen molar-refractivity contribution in [2.24, 2.45) is 5.92 Å². The van der Waals surface area contributed by atoms with Crippen molar-refractivity contribution in [1.82, 2.24) is 14.9 Å². The maximum Gasteiger partial charge on any atom is 0.229 e. The van der Waals surface area contributed by atoms with E-state index in [1.54, 1.807) is 6.20 Å². The van der Waals surface area contributed by atoms with Crippen LogP contribution in [0.1, 0.15) is 33.6 Å². The molecule has 0 unspecified atom stereocenters. The highest BCUT2D eigenvalue weighted by Gasteiger charge is 2.22. The Morgan fingerprint density at radius 1 is 1.12 bits per heavy atom. The summed E-state index contributed by atoms with van der Waals surface area (Å²) in [6.07, 6.45) is 3.80. The number of benzene rings is 1. The van der Waals surface area contributed by atoms with Gasteiger partial charge in [-0.1, -0.05) is 11.6 Å². The molecule has 1 aromatic heterocycles. The van der Waals surface area contributed by atoms with Crippen LogP contribution in [0, 0.1) is 5.92 Å². The normalized spacial score (nSPS) is 18.7. The minimum Gasteiger partial charge on any atom is -0.489 e. The van der Waals surface area contributed by atoms with Crippen molar-refractivity contribution in [2.75, 3.05) is 62.0 Å². The zero-order valence-corrected chi connectivity index (χ0v) is 21.4. The molecule has 9 heteroatoms. The van der Waals surface area contributed by atoms with E-state index in [0.29, 0.717) is 22.7 Å². The van der Waals surface area contributed by atoms with E-state index in [4.69, 9.17) is 21.1 Å². The van der Waals surface area contributed by atoms with Crippen molar-refractivity contribution >= 4 is 34.7 Å². The largest absolute Gasteiger partial charge is 0.489 e. The number of halogens is 1. The predicted molar refractivity (Wildman–Crippen MR) is 139 cm³/mol. The molecule has 1 aromatic carbocycles. The Morgan fingerprint density at radius 2 is 1.85 bits per heavy atom. The van der Waals surface area contributed by atoms with E-state index in [1.165, 1.54) is 0 Å². The lowest BCUT2D eigenvalue weighted by Gasteiger charge is -2.35. The van der Waals surface area contributed by atoms with E-state index in [1.807, 2.05) is 19.9 Å². The van der Waals surface area contributed by atoms with Gasteiger partial charge in [0, 0.05) is 57.2 Å². The summed E-state index contributed by atoms with van der Waals surface area (Å²) in [5, 5.41) is 7.33. The Bertz CT molecular complexity index is 945. The standard InChI is InChI=1S/C25H37ClN6O2/c1-17(2)34-23-15-20(5-6-22(23)32-11-9-31(4)10-12-32)29-25-27-16-21(26)24(30-25)28-18(3)19-7-13-33-14-8-19/h5-6,15-19H,7-14H2,1-4H3,(H2,27,28,29,30)/t18-/m1/s1. The fourth-order valence-corrected chi connectivity index (χ4v) is 4.60. The highest BCUT2D eigenvalue weighted by atomic mass is 35.5. The first kappa shape index (κ1) is 24.8. The third kappa shape index (κ3) is 6.43. The van der Waals surface area contributed by atoms with Crippen LogP contribution < -0.4 is 20.3 Å². The van der Waals surface area contributed by atoms with Gasteiger partial charge in [0.25, 0.3) is 0 Å². The van der Waals surface area contributed by atoms with Crippen molar-refractivity contribution in [3.63, 3.8) is 0 Å². The molecule has 0 bridgehead atoms. The summed E-state index contributed by atoms with van der Waals surface area (Å²) in [4.78, 5) is 13.8. The topological polar surface area (TPSA) is 74.8 Å². The zero-order valence-electron chi connectivity index (χ0n) is 20.7. The number of likely N-dealkylation sites (N-methyl/N-ethyl adjacent to an activating group) is 1. The maximum absolute atomic E-state index is 6.41. The SMILES string of the molecule is CC(C)Oc1cc(Nc2ncc(Cl)c(N[C@H](C)C3CCOCC3)n2)ccc1N1CCN(C)CC1. The van der Waals surface area contributed by atoms with Crippen LogP contribution >= 0.6 is 11.6 Å². The number of nitrogens with zero attached hydrogens (tertiary/aromatic N) is 4. The van der Waals surface area contributed by atoms with E-state index in [9.17, 15) is 0 Å². The Labute approximate surface area is 208 Å². The van der Waals surface area contributed by atoms with Crippen molar-refractivity contribution in [1.29, 1.82) is 0 Å². The Balaban J connectivity index is 1.49. The third-order valence-electron chi connectivity index (χ3n) is 6.50. The molecule has 34 heavy (non-hydrogen) atoms. The van der Waals surface area contributed by atoms with E-state index < -0.39 is 0 Å². The van der Waals surface area contributed by atoms with Crippen LogP contribution in [0.15, 0.2) is 24.4 Å². The fraction of sp³-hybridized carbons (Fsp3) is 0.600. The molecule has 0 radical (unpaired) electrons. The number of nitrogens with one attached hydrogen (secondary N) is 2. The molecule has 2 aliphatic rings. The first-order valence-electron chi connectivity index (χ1n) is 12.3. The van der Waals surface area contributed by atoms with Gasteiger partial charge < -0.3 is 29.9 Å². The number of ether oxygens (including phenoxy) is 2. The van der Waals surface area contributed by atoms with Crippen LogP contribution in [-0.2, 0) is 4.74 Å². The molecule has 2 N–H and O–H groups in total. The summed E-state index contributed by atoms with van der Waals surface area (Å²) < 4.78 is 11.7. The molecule has 0 spiro atoms. The molecular weight excluding hydrogens is 452 g/mol. The van der Waals surface area contributed by atoms with Gasteiger partial charge in [-0.05, 0) is 58.7 Å². The minimum absolute atomic E-state index is 0.0794. The summed E-state index contributed by atoms with van der Waals surface area (Å²) in [6, 6.07) is 6.45. The van der Waals surface area contributed by atoms with Gasteiger partial charge in [0.1, 0.15) is 10.8 Å². The summed E-state index contributed by atoms with van der Waals surface area (Å²) >= 11 is 6.41. The van der Waals surface area contributed by atoms with Gasteiger partial charge >= 0.3 is 0 Å². The Kier molecular flexibility index (Phi) is 8.34. The van der Waals surface area contributed by atoms with Crippen LogP contribution in [0.4, 0.5) is 23.1 Å². The second-order valence-electron chi connectivity index (χ2n) is 9.54. The summed E-state index contributed by atoms with van der Waals surface area (Å²) in [5.41, 5.74) is 2.00. The summed E-state index contributed by atoms with van der Waals surface area (Å²) in [6.45, 7) is 12.0. The molecule has 2 saturated heterocycles. The Hall–Kier alpha value is -2.29. The van der Waals surface area contributed by atoms with E-state index in [2.05, 4.69) is 56.5 Å². The number of piperazine rings is 1. The molecule has 4 rings (SSSR count). The van der Waals surface area contributed by atoms with E-state index in [-0.39, 0.29) is 12.1 Å². The molecule has 2 aromatic rings. The lowest BCUT2D eigenvalue weighted by atomic mass is 9.93. The van der Waals surface area contributed by atoms with Crippen molar-refractivity contribution < 1.29 is 9.47 Å². The smallest absolute Gasteiger partial charge is 0.229 e. The monoisotopic (exact) mass is 488 g/mol. The molecule has 2 aliphatic heterocycles. The van der Waals surface area contributed by atoms with Gasteiger partial charge in [-0.25, -0.2) is 4.98 Å². The van der Waals surface area contributed by atoms with Crippen LogP contribution in [0.2, 0.25) is 5.02 Å². The number of anilines is 4. The van der Waals surface area contributed by atoms with Crippen LogP contribution in [0.5, 0.6) is 5.75 Å². The number of hydrogen-bond donors (Lipinski definition) is 2.